The minimum Gasteiger partial charge on any atom is -0.466 e. The Hall–Kier alpha value is -2.83. The van der Waals surface area contributed by atoms with E-state index in [-0.39, 0.29) is 43.0 Å². The number of amides is 1. The van der Waals surface area contributed by atoms with Gasteiger partial charge in [-0.15, -0.1) is 21.5 Å². The first-order chi connectivity index (χ1) is 13.4. The van der Waals surface area contributed by atoms with E-state index < -0.39 is 11.7 Å². The van der Waals surface area contributed by atoms with Gasteiger partial charge in [0.1, 0.15) is 12.4 Å². The van der Waals surface area contributed by atoms with Crippen LogP contribution in [0.5, 0.6) is 5.88 Å². The maximum atomic E-state index is 12.7. The van der Waals surface area contributed by atoms with Crippen molar-refractivity contribution in [2.45, 2.75) is 19.2 Å². The highest BCUT2D eigenvalue weighted by atomic mass is 35.5. The van der Waals surface area contributed by atoms with Crippen molar-refractivity contribution in [1.29, 1.82) is 0 Å². The van der Waals surface area contributed by atoms with Crippen LogP contribution in [0.1, 0.15) is 16.8 Å². The van der Waals surface area contributed by atoms with Gasteiger partial charge in [-0.3, -0.25) is 14.2 Å². The number of aromatic nitrogens is 6. The fourth-order valence-electron chi connectivity index (χ4n) is 2.64. The summed E-state index contributed by atoms with van der Waals surface area (Å²) >= 11 is 7.14. The Kier molecular flexibility index (Phi) is 4.83. The summed E-state index contributed by atoms with van der Waals surface area (Å²) in [5.74, 6) is 0.0274. The lowest BCUT2D eigenvalue weighted by Gasteiger charge is -2.24. The van der Waals surface area contributed by atoms with Crippen LogP contribution in [0.15, 0.2) is 23.3 Å². The third-order valence-corrected chi connectivity index (χ3v) is 5.42. The zero-order chi connectivity index (χ0) is 19.8. The van der Waals surface area contributed by atoms with Gasteiger partial charge in [-0.05, 0) is 17.3 Å². The van der Waals surface area contributed by atoms with E-state index in [2.05, 4.69) is 20.4 Å². The van der Waals surface area contributed by atoms with Crippen molar-refractivity contribution in [3.63, 3.8) is 0 Å². The summed E-state index contributed by atoms with van der Waals surface area (Å²) in [7, 11) is 1.49. The average molecular weight is 424 g/mol. The summed E-state index contributed by atoms with van der Waals surface area (Å²) in [4.78, 5) is 31.6. The summed E-state index contributed by atoms with van der Waals surface area (Å²) in [6, 6.07) is 3.43. The fourth-order valence-corrected chi connectivity index (χ4v) is 3.68. The number of fused-ring (bicyclic) bond motifs is 1. The first-order valence-electron chi connectivity index (χ1n) is 8.11. The minimum absolute atomic E-state index is 0.00205. The zero-order valence-corrected chi connectivity index (χ0v) is 16.1. The number of halogens is 1. The van der Waals surface area contributed by atoms with Crippen LogP contribution in [-0.4, -0.2) is 54.4 Å². The third kappa shape index (κ3) is 3.48. The molecule has 0 fully saturated rings. The van der Waals surface area contributed by atoms with E-state index in [9.17, 15) is 14.7 Å². The first kappa shape index (κ1) is 18.5. The highest BCUT2D eigenvalue weighted by Gasteiger charge is 2.27. The molecule has 0 bridgehead atoms. The second-order valence-corrected chi connectivity index (χ2v) is 7.74. The molecule has 1 N–H and O–H groups in total. The van der Waals surface area contributed by atoms with Crippen LogP contribution in [0, 0.1) is 0 Å². The van der Waals surface area contributed by atoms with E-state index in [0.29, 0.717) is 9.21 Å². The molecule has 0 saturated carbocycles. The van der Waals surface area contributed by atoms with E-state index in [1.165, 1.54) is 39.0 Å². The Labute approximate surface area is 166 Å². The molecule has 1 aliphatic rings. The number of aliphatic hydroxyl groups is 1. The molecular weight excluding hydrogens is 410 g/mol. The molecule has 0 unspecified atom stereocenters. The van der Waals surface area contributed by atoms with Crippen molar-refractivity contribution in [1.82, 2.24) is 29.8 Å². The van der Waals surface area contributed by atoms with Gasteiger partial charge in [-0.25, -0.2) is 4.98 Å². The summed E-state index contributed by atoms with van der Waals surface area (Å²) in [6.45, 7) is -0.0675. The van der Waals surface area contributed by atoms with Crippen molar-refractivity contribution >= 4 is 34.5 Å². The molecule has 3 aromatic rings. The maximum absolute atomic E-state index is 12.7. The van der Waals surface area contributed by atoms with E-state index >= 15 is 0 Å². The van der Waals surface area contributed by atoms with Gasteiger partial charge in [0.25, 0.3) is 11.5 Å². The molecule has 3 aromatic heterocycles. The molecule has 11 nitrogen and oxygen atoms in total. The fraction of sp³-hybridized carbons (Fsp3) is 0.333. The molecule has 1 aliphatic heterocycles. The quantitative estimate of drug-likeness (QED) is 0.611. The smallest absolute Gasteiger partial charge is 0.281 e. The van der Waals surface area contributed by atoms with Gasteiger partial charge < -0.3 is 14.7 Å². The Morgan fingerprint density at radius 3 is 2.96 bits per heavy atom. The molecule has 146 valence electrons. The first-order valence-corrected chi connectivity index (χ1v) is 9.30. The number of hydrogen-bond donors (Lipinski definition) is 1. The van der Waals surface area contributed by atoms with Gasteiger partial charge in [0.15, 0.2) is 18.1 Å². The maximum Gasteiger partial charge on any atom is 0.281 e. The van der Waals surface area contributed by atoms with Crippen molar-refractivity contribution in [3.05, 3.63) is 43.9 Å². The Bertz CT molecular complexity index is 1090. The molecule has 0 aromatic carbocycles. The lowest BCUT2D eigenvalue weighted by Crippen LogP contribution is -2.41. The zero-order valence-electron chi connectivity index (χ0n) is 14.5. The lowest BCUT2D eigenvalue weighted by atomic mass is 10.3. The predicted octanol–water partition coefficient (Wildman–Crippen LogP) is 0.0818. The number of rotatable bonds is 5. The largest absolute Gasteiger partial charge is 0.466 e. The number of carbonyl (C=O) groups is 1. The predicted molar refractivity (Wildman–Crippen MR) is 98.6 cm³/mol. The Morgan fingerprint density at radius 1 is 1.39 bits per heavy atom. The summed E-state index contributed by atoms with van der Waals surface area (Å²) < 4.78 is 7.02. The van der Waals surface area contributed by atoms with Crippen LogP contribution >= 0.6 is 22.9 Å². The SMILES string of the molecule is CN1C(=O)COc2ncn(Cc3nnn(C[C@H](O)c4ccc(Cl)s4)n3)c(=O)c21. The van der Waals surface area contributed by atoms with Crippen LogP contribution in [0.25, 0.3) is 0 Å². The van der Waals surface area contributed by atoms with Gasteiger partial charge >= 0.3 is 0 Å². The number of anilines is 1. The highest BCUT2D eigenvalue weighted by Crippen LogP contribution is 2.27. The molecular formula is C15H14ClN7O4S. The number of likely N-dealkylation sites (N-methyl/N-ethyl adjacent to an activating group) is 1. The number of carbonyl (C=O) groups excluding carboxylic acids is 1. The third-order valence-electron chi connectivity index (χ3n) is 4.09. The number of hydrogen-bond acceptors (Lipinski definition) is 9. The second-order valence-electron chi connectivity index (χ2n) is 5.99. The monoisotopic (exact) mass is 423 g/mol. The van der Waals surface area contributed by atoms with Crippen molar-refractivity contribution in [2.24, 2.45) is 0 Å². The van der Waals surface area contributed by atoms with Gasteiger partial charge in [0.2, 0.25) is 5.88 Å². The number of thiophene rings is 1. The molecule has 0 aliphatic carbocycles. The van der Waals surface area contributed by atoms with E-state index in [1.54, 1.807) is 12.1 Å². The normalized spacial score (nSPS) is 14.7. The number of ether oxygens (including phenoxy) is 1. The molecule has 1 atom stereocenters. The molecule has 1 amide bonds. The van der Waals surface area contributed by atoms with E-state index in [0.717, 1.165) is 0 Å². The topological polar surface area (TPSA) is 128 Å². The van der Waals surface area contributed by atoms with Crippen LogP contribution in [0.4, 0.5) is 5.69 Å². The van der Waals surface area contributed by atoms with Gasteiger partial charge in [-0.2, -0.15) is 4.80 Å². The summed E-state index contributed by atoms with van der Waals surface area (Å²) in [5.41, 5.74) is -0.388. The Balaban J connectivity index is 1.52. The second kappa shape index (κ2) is 7.30. The Morgan fingerprint density at radius 2 is 2.21 bits per heavy atom. The van der Waals surface area contributed by atoms with Gasteiger partial charge in [0, 0.05) is 11.9 Å². The van der Waals surface area contributed by atoms with Crippen LogP contribution in [0.2, 0.25) is 4.34 Å². The molecule has 4 heterocycles. The highest BCUT2D eigenvalue weighted by molar-refractivity contribution is 7.16. The average Bonchev–Trinajstić information content (AvgIpc) is 3.29. The molecule has 0 saturated heterocycles. The standard InChI is InChI=1S/C15H14ClN7O4S/c1-21-12(25)6-27-14-13(21)15(26)22(7-17-14)5-11-18-20-23(19-11)4-8(24)9-2-3-10(16)28-9/h2-3,7-8,24H,4-6H2,1H3/t8-/m0/s1. The van der Waals surface area contributed by atoms with Crippen LogP contribution in [-0.2, 0) is 17.9 Å². The van der Waals surface area contributed by atoms with Crippen molar-refractivity contribution in [2.75, 3.05) is 18.6 Å². The van der Waals surface area contributed by atoms with Gasteiger partial charge in [0.05, 0.1) is 17.4 Å². The summed E-state index contributed by atoms with van der Waals surface area (Å²) in [6.07, 6.45) is 0.470. The number of tetrazole rings is 1. The molecule has 28 heavy (non-hydrogen) atoms. The van der Waals surface area contributed by atoms with Crippen LogP contribution in [0.3, 0.4) is 0 Å². The molecule has 0 radical (unpaired) electrons. The van der Waals surface area contributed by atoms with E-state index in [4.69, 9.17) is 16.3 Å². The minimum atomic E-state index is -0.829. The molecule has 0 spiro atoms. The lowest BCUT2D eigenvalue weighted by molar-refractivity contribution is -0.121. The number of nitrogens with zero attached hydrogens (tertiary/aromatic N) is 7. The van der Waals surface area contributed by atoms with Gasteiger partial charge in [-0.1, -0.05) is 11.6 Å². The van der Waals surface area contributed by atoms with E-state index in [1.807, 2.05) is 0 Å². The van der Waals surface area contributed by atoms with Crippen molar-refractivity contribution in [3.8, 4) is 5.88 Å². The number of aliphatic hydroxyl groups excluding tert-OH is 1. The molecule has 4 rings (SSSR count). The van der Waals surface area contributed by atoms with Crippen molar-refractivity contribution < 1.29 is 14.6 Å². The summed E-state index contributed by atoms with van der Waals surface area (Å²) in [5, 5.41) is 22.2. The molecule has 13 heteroatoms. The van der Waals surface area contributed by atoms with Crippen LogP contribution < -0.4 is 15.2 Å².